The zero-order valence-electron chi connectivity index (χ0n) is 33.3. The molecule has 2 aliphatic rings. The fourth-order valence-electron chi connectivity index (χ4n) is 6.52. The third-order valence-electron chi connectivity index (χ3n) is 9.22. The molecule has 2 aliphatic heterocycles. The van der Waals surface area contributed by atoms with Crippen molar-refractivity contribution in [2.24, 2.45) is 10.8 Å². The summed E-state index contributed by atoms with van der Waals surface area (Å²) in [5, 5.41) is 13.8. The molecule has 1 amide bonds. The number of carbonyl (C=O) groups excluding carboxylic acids is 2. The zero-order valence-corrected chi connectivity index (χ0v) is 33.3. The van der Waals surface area contributed by atoms with E-state index in [1.165, 1.54) is 26.0 Å². The summed E-state index contributed by atoms with van der Waals surface area (Å²) in [6.07, 6.45) is -1.45. The smallest absolute Gasteiger partial charge is 0.303 e. The molecule has 13 nitrogen and oxygen atoms in total. The van der Waals surface area contributed by atoms with Crippen LogP contribution in [-0.2, 0) is 48.3 Å². The molecule has 300 valence electrons. The second-order valence-corrected chi connectivity index (χ2v) is 15.7. The molecule has 0 spiro atoms. The van der Waals surface area contributed by atoms with Crippen LogP contribution in [0.15, 0.2) is 60.7 Å². The van der Waals surface area contributed by atoms with E-state index in [-0.39, 0.29) is 30.5 Å². The first-order chi connectivity index (χ1) is 26.1. The van der Waals surface area contributed by atoms with E-state index < -0.39 is 36.7 Å². The van der Waals surface area contributed by atoms with Gasteiger partial charge in [-0.2, -0.15) is 0 Å². The third kappa shape index (κ3) is 10.0. The Morgan fingerprint density at radius 2 is 1.25 bits per heavy atom. The van der Waals surface area contributed by atoms with Crippen LogP contribution >= 0.6 is 0 Å². The molecule has 2 heterocycles. The number of hydrogen-bond acceptors (Lipinski definition) is 12. The Hall–Kier alpha value is -4.08. The molecule has 3 aromatic rings. The van der Waals surface area contributed by atoms with E-state index in [1.807, 2.05) is 26.0 Å². The van der Waals surface area contributed by atoms with E-state index in [0.29, 0.717) is 71.4 Å². The van der Waals surface area contributed by atoms with Gasteiger partial charge in [0.15, 0.2) is 32.8 Å². The topological polar surface area (TPSA) is 141 Å². The van der Waals surface area contributed by atoms with Crippen molar-refractivity contribution >= 4 is 17.6 Å². The average Bonchev–Trinajstić information content (AvgIpc) is 3.15. The molecular formula is C42H55NO12. The van der Waals surface area contributed by atoms with Crippen LogP contribution in [0, 0.1) is 10.8 Å². The quantitative estimate of drug-likeness (QED) is 0.104. The van der Waals surface area contributed by atoms with Crippen LogP contribution in [0.3, 0.4) is 0 Å². The van der Waals surface area contributed by atoms with Crippen molar-refractivity contribution in [2.45, 2.75) is 72.7 Å². The van der Waals surface area contributed by atoms with E-state index in [2.05, 4.69) is 27.7 Å². The van der Waals surface area contributed by atoms with Crippen molar-refractivity contribution < 1.29 is 57.3 Å². The molecule has 5 rings (SSSR count). The van der Waals surface area contributed by atoms with Crippen LogP contribution in [0.4, 0.5) is 5.69 Å². The molecule has 0 aliphatic carbocycles. The number of aliphatic hydroxyl groups is 1. The molecule has 1 N–H and O–H groups in total. The fourth-order valence-corrected chi connectivity index (χ4v) is 6.52. The first-order valence-electron chi connectivity index (χ1n) is 18.4. The van der Waals surface area contributed by atoms with Crippen LogP contribution in [0.25, 0.3) is 0 Å². The number of anilines is 1. The number of amides is 1. The van der Waals surface area contributed by atoms with Gasteiger partial charge >= 0.3 is 5.97 Å². The Morgan fingerprint density at radius 3 is 1.67 bits per heavy atom. The van der Waals surface area contributed by atoms with Gasteiger partial charge in [-0.15, -0.1) is 0 Å². The maximum absolute atomic E-state index is 13.8. The van der Waals surface area contributed by atoms with E-state index >= 15 is 0 Å². The highest BCUT2D eigenvalue weighted by atomic mass is 16.7. The average molecular weight is 766 g/mol. The summed E-state index contributed by atoms with van der Waals surface area (Å²) >= 11 is 0. The zero-order chi connectivity index (χ0) is 40.0. The minimum absolute atomic E-state index is 0.120. The number of esters is 1. The van der Waals surface area contributed by atoms with Gasteiger partial charge in [0, 0.05) is 66.0 Å². The summed E-state index contributed by atoms with van der Waals surface area (Å²) in [5.74, 6) is -0.407. The highest BCUT2D eigenvalue weighted by Crippen LogP contribution is 2.48. The molecule has 13 heteroatoms. The summed E-state index contributed by atoms with van der Waals surface area (Å²) in [5.41, 5.74) is 0.299. The number of nitrogens with zero attached hydrogens (tertiary/aromatic N) is 1. The highest BCUT2D eigenvalue weighted by molar-refractivity contribution is 5.95. The molecule has 0 unspecified atom stereocenters. The van der Waals surface area contributed by atoms with E-state index in [4.69, 9.17) is 42.6 Å². The predicted octanol–water partition coefficient (Wildman–Crippen LogP) is 6.38. The van der Waals surface area contributed by atoms with Gasteiger partial charge in [-0.25, -0.2) is 0 Å². The lowest BCUT2D eigenvalue weighted by Crippen LogP contribution is -2.40. The van der Waals surface area contributed by atoms with Gasteiger partial charge in [-0.05, 0) is 55.8 Å². The monoisotopic (exact) mass is 765 g/mol. The number of carbonyl (C=O) groups is 2. The number of methoxy groups -OCH3 is 2. The van der Waals surface area contributed by atoms with Crippen molar-refractivity contribution in [3.63, 3.8) is 0 Å². The van der Waals surface area contributed by atoms with Gasteiger partial charge in [-0.3, -0.25) is 9.59 Å². The maximum Gasteiger partial charge on any atom is 0.303 e. The molecule has 0 saturated carbocycles. The van der Waals surface area contributed by atoms with Crippen LogP contribution < -0.4 is 14.4 Å². The van der Waals surface area contributed by atoms with E-state index in [9.17, 15) is 14.7 Å². The van der Waals surface area contributed by atoms with Crippen LogP contribution in [-0.4, -0.2) is 83.9 Å². The second-order valence-electron chi connectivity index (χ2n) is 15.7. The minimum Gasteiger partial charge on any atom is -0.467 e. The Labute approximate surface area is 323 Å². The molecule has 0 aromatic heterocycles. The maximum atomic E-state index is 13.8. The van der Waals surface area contributed by atoms with E-state index in [0.717, 1.165) is 0 Å². The third-order valence-corrected chi connectivity index (χ3v) is 9.22. The van der Waals surface area contributed by atoms with E-state index in [1.54, 1.807) is 48.5 Å². The van der Waals surface area contributed by atoms with Crippen molar-refractivity contribution in [2.75, 3.05) is 65.7 Å². The number of ether oxygens (including phenoxy) is 9. The molecule has 0 radical (unpaired) electrons. The van der Waals surface area contributed by atoms with Crippen molar-refractivity contribution in [3.8, 4) is 11.5 Å². The molecule has 55 heavy (non-hydrogen) atoms. The summed E-state index contributed by atoms with van der Waals surface area (Å²) in [6.45, 7) is 14.4. The Morgan fingerprint density at radius 1 is 0.782 bits per heavy atom. The predicted molar refractivity (Wildman–Crippen MR) is 203 cm³/mol. The van der Waals surface area contributed by atoms with Crippen molar-refractivity contribution in [1.82, 2.24) is 0 Å². The Bertz CT molecular complexity index is 1690. The fraction of sp³-hybridized carbons (Fsp3) is 0.524. The lowest BCUT2D eigenvalue weighted by molar-refractivity contribution is -0.226. The summed E-state index contributed by atoms with van der Waals surface area (Å²) in [4.78, 5) is 26.7. The second kappa shape index (κ2) is 17.8. The lowest BCUT2D eigenvalue weighted by Gasteiger charge is -2.37. The van der Waals surface area contributed by atoms with Crippen LogP contribution in [0.5, 0.6) is 11.5 Å². The Balaban J connectivity index is 1.77. The Kier molecular flexibility index (Phi) is 13.6. The van der Waals surface area contributed by atoms with Gasteiger partial charge in [0.25, 0.3) is 5.91 Å². The van der Waals surface area contributed by atoms with Crippen LogP contribution in [0.1, 0.15) is 88.9 Å². The largest absolute Gasteiger partial charge is 0.467 e. The number of rotatable bonds is 15. The molecule has 2 fully saturated rings. The molecule has 0 bridgehead atoms. The number of benzene rings is 3. The molecule has 3 aromatic carbocycles. The first-order valence-corrected chi connectivity index (χ1v) is 18.4. The highest BCUT2D eigenvalue weighted by Gasteiger charge is 2.42. The SMILES string of the molecule is COCOc1ccc(C2OCC(C)(C)CO2)cc1C(O)(c1cccc(N(C(=O)COC(C)=O)C(C)C)c1)c1cc(C2OCC(C)(C)CO2)ccc1OCOC. The van der Waals surface area contributed by atoms with Gasteiger partial charge < -0.3 is 52.6 Å². The molecule has 2 saturated heterocycles. The van der Waals surface area contributed by atoms with Crippen molar-refractivity contribution in [1.29, 1.82) is 0 Å². The number of hydrogen-bond donors (Lipinski definition) is 1. The molecule has 0 atom stereocenters. The summed E-state index contributed by atoms with van der Waals surface area (Å²) < 4.78 is 52.8. The van der Waals surface area contributed by atoms with Gasteiger partial charge in [0.1, 0.15) is 17.1 Å². The van der Waals surface area contributed by atoms with Gasteiger partial charge in [0.2, 0.25) is 0 Å². The standard InChI is InChI=1S/C42H55NO12/c1-27(2)43(37(45)20-49-28(3)44)32-12-10-11-31(19-32)42(46,33-17-29(13-15-35(33)54-25-47-8)38-50-21-40(4,5)22-51-38)34-18-30(14-16-36(34)55-26-48-9)39-52-23-41(6,7)24-53-39/h10-19,27,38-39,46H,20-26H2,1-9H3. The summed E-state index contributed by atoms with van der Waals surface area (Å²) in [6, 6.07) is 17.3. The van der Waals surface area contributed by atoms with Gasteiger partial charge in [0.05, 0.1) is 26.4 Å². The van der Waals surface area contributed by atoms with Crippen molar-refractivity contribution in [3.05, 3.63) is 88.5 Å². The lowest BCUT2D eigenvalue weighted by atomic mass is 9.78. The molecular weight excluding hydrogens is 710 g/mol. The van der Waals surface area contributed by atoms with Crippen LogP contribution in [0.2, 0.25) is 0 Å². The summed E-state index contributed by atoms with van der Waals surface area (Å²) in [7, 11) is 3.02. The normalized spacial score (nSPS) is 17.5. The van der Waals surface area contributed by atoms with Gasteiger partial charge in [-0.1, -0.05) is 52.0 Å². The first kappa shape index (κ1) is 42.1. The minimum atomic E-state index is -2.06.